The molecule has 8 heteroatoms. The first-order chi connectivity index (χ1) is 21.0. The smallest absolute Gasteiger partial charge is 0.206 e. The molecule has 0 fully saturated rings. The second kappa shape index (κ2) is 19.5. The van der Waals surface area contributed by atoms with Gasteiger partial charge in [-0.05, 0) is 87.1 Å². The summed E-state index contributed by atoms with van der Waals surface area (Å²) in [4.78, 5) is 17.9. The molecule has 0 unspecified atom stereocenters. The maximum Gasteiger partial charge on any atom is 0.206 e. The first-order valence-electron chi connectivity index (χ1n) is 16.0. The fourth-order valence-corrected chi connectivity index (χ4v) is 4.99. The Morgan fingerprint density at radius 3 is 1.77 bits per heavy atom. The van der Waals surface area contributed by atoms with Crippen molar-refractivity contribution >= 4 is 34.2 Å². The van der Waals surface area contributed by atoms with Crippen LogP contribution in [0.4, 0.5) is 22.7 Å². The Balaban J connectivity index is 1.72. The fourth-order valence-electron chi connectivity index (χ4n) is 4.99. The number of hydrogen-bond acceptors (Lipinski definition) is 8. The highest BCUT2D eigenvalue weighted by Gasteiger charge is 2.27. The van der Waals surface area contributed by atoms with Gasteiger partial charge in [-0.25, -0.2) is 4.99 Å². The van der Waals surface area contributed by atoms with E-state index in [0.717, 1.165) is 106 Å². The zero-order valence-corrected chi connectivity index (χ0v) is 25.7. The van der Waals surface area contributed by atoms with E-state index in [4.69, 9.17) is 15.2 Å². The van der Waals surface area contributed by atoms with Gasteiger partial charge < -0.3 is 31.3 Å². The third-order valence-corrected chi connectivity index (χ3v) is 7.47. The summed E-state index contributed by atoms with van der Waals surface area (Å²) in [5.41, 5.74) is 5.14. The van der Waals surface area contributed by atoms with Gasteiger partial charge in [-0.1, -0.05) is 45.4 Å². The van der Waals surface area contributed by atoms with Crippen molar-refractivity contribution in [3.8, 4) is 0 Å². The number of carbonyl (C=O) groups excluding carboxylic acids is 1. The van der Waals surface area contributed by atoms with Crippen LogP contribution in [0.25, 0.3) is 0 Å². The van der Waals surface area contributed by atoms with Crippen LogP contribution < -0.4 is 16.0 Å². The SMILES string of the molecule is CCCCCC1=C(Nc2ccc(NCCCCCCO)cc2)C(=O)C=C(O)/C1=N\c1ccc(NCCCCCCO)cc1. The molecule has 0 heterocycles. The maximum atomic E-state index is 13.1. The number of aliphatic hydroxyl groups is 3. The Morgan fingerprint density at radius 1 is 0.674 bits per heavy atom. The zero-order valence-electron chi connectivity index (χ0n) is 25.7. The van der Waals surface area contributed by atoms with Gasteiger partial charge in [0.15, 0.2) is 0 Å². The number of allylic oxidation sites excluding steroid dienone is 2. The van der Waals surface area contributed by atoms with Crippen molar-refractivity contribution in [2.45, 2.75) is 84.0 Å². The van der Waals surface area contributed by atoms with Crippen molar-refractivity contribution in [2.24, 2.45) is 4.99 Å². The monoisotopic (exact) mass is 590 g/mol. The summed E-state index contributed by atoms with van der Waals surface area (Å²) in [6.45, 7) is 4.38. The summed E-state index contributed by atoms with van der Waals surface area (Å²) < 4.78 is 0. The van der Waals surface area contributed by atoms with Crippen LogP contribution in [0.15, 0.2) is 76.6 Å². The van der Waals surface area contributed by atoms with Gasteiger partial charge in [-0.2, -0.15) is 0 Å². The molecule has 2 aromatic carbocycles. The van der Waals surface area contributed by atoms with Crippen molar-refractivity contribution in [1.82, 2.24) is 0 Å². The second-order valence-electron chi connectivity index (χ2n) is 11.0. The van der Waals surface area contributed by atoms with Crippen LogP contribution >= 0.6 is 0 Å². The largest absolute Gasteiger partial charge is 0.506 e. The van der Waals surface area contributed by atoms with Crippen molar-refractivity contribution < 1.29 is 20.1 Å². The lowest BCUT2D eigenvalue weighted by atomic mass is 9.92. The second-order valence-corrected chi connectivity index (χ2v) is 11.0. The lowest BCUT2D eigenvalue weighted by Gasteiger charge is -2.21. The van der Waals surface area contributed by atoms with Gasteiger partial charge in [0.25, 0.3) is 0 Å². The number of ketones is 1. The van der Waals surface area contributed by atoms with Crippen molar-refractivity contribution in [3.63, 3.8) is 0 Å². The lowest BCUT2D eigenvalue weighted by molar-refractivity contribution is -0.111. The standard InChI is InChI=1S/C35H50N4O4/c1-2-3-8-13-31-34(38-29-18-14-27(15-19-29)36-22-9-4-6-11-24-40)32(42)26-33(43)35(31)39-30-20-16-28(17-21-30)37-23-10-5-7-12-25-41/h14-21,26,36-38,40-41,43H,2-13,22-25H2,1H3/b39-35-. The van der Waals surface area contributed by atoms with Gasteiger partial charge in [-0.15, -0.1) is 0 Å². The van der Waals surface area contributed by atoms with Crippen molar-refractivity contribution in [2.75, 3.05) is 42.3 Å². The average Bonchev–Trinajstić information content (AvgIpc) is 3.01. The highest BCUT2D eigenvalue weighted by molar-refractivity contribution is 6.25. The predicted molar refractivity (Wildman–Crippen MR) is 179 cm³/mol. The van der Waals surface area contributed by atoms with E-state index in [-0.39, 0.29) is 24.8 Å². The van der Waals surface area contributed by atoms with Crippen LogP contribution in [-0.4, -0.2) is 53.1 Å². The Labute approximate surface area is 257 Å². The molecule has 2 aromatic rings. The van der Waals surface area contributed by atoms with Gasteiger partial charge in [0.05, 0.1) is 11.4 Å². The van der Waals surface area contributed by atoms with Crippen LogP contribution in [0.1, 0.15) is 84.0 Å². The third kappa shape index (κ3) is 11.9. The molecule has 43 heavy (non-hydrogen) atoms. The number of nitrogens with one attached hydrogen (secondary N) is 3. The molecule has 0 amide bonds. The quantitative estimate of drug-likeness (QED) is 0.0651. The molecule has 0 radical (unpaired) electrons. The third-order valence-electron chi connectivity index (χ3n) is 7.47. The summed E-state index contributed by atoms with van der Waals surface area (Å²) in [6.07, 6.45) is 12.9. The topological polar surface area (TPSA) is 126 Å². The van der Waals surface area contributed by atoms with Crippen LogP contribution in [0, 0.1) is 0 Å². The molecule has 1 aliphatic carbocycles. The molecule has 3 rings (SSSR count). The Morgan fingerprint density at radius 2 is 1.21 bits per heavy atom. The average molecular weight is 591 g/mol. The molecule has 1 aliphatic rings. The highest BCUT2D eigenvalue weighted by atomic mass is 16.3. The first-order valence-corrected chi connectivity index (χ1v) is 16.0. The molecule has 0 aromatic heterocycles. The van der Waals surface area contributed by atoms with Gasteiger partial charge >= 0.3 is 0 Å². The number of nitrogens with zero attached hydrogens (tertiary/aromatic N) is 1. The predicted octanol–water partition coefficient (Wildman–Crippen LogP) is 7.66. The Hall–Kier alpha value is -3.62. The minimum Gasteiger partial charge on any atom is -0.506 e. The van der Waals surface area contributed by atoms with Crippen LogP contribution in [0.3, 0.4) is 0 Å². The van der Waals surface area contributed by atoms with Gasteiger partial charge in [0.2, 0.25) is 5.78 Å². The Kier molecular flexibility index (Phi) is 15.4. The van der Waals surface area contributed by atoms with Crippen molar-refractivity contribution in [1.29, 1.82) is 0 Å². The van der Waals surface area contributed by atoms with E-state index in [1.807, 2.05) is 48.5 Å². The van der Waals surface area contributed by atoms with E-state index in [2.05, 4.69) is 22.9 Å². The van der Waals surface area contributed by atoms with Crippen LogP contribution in [0.2, 0.25) is 0 Å². The number of hydrogen-bond donors (Lipinski definition) is 6. The summed E-state index contributed by atoms with van der Waals surface area (Å²) in [5.74, 6) is -0.364. The minimum atomic E-state index is -0.258. The van der Waals surface area contributed by atoms with Gasteiger partial charge in [0, 0.05) is 55.0 Å². The molecular weight excluding hydrogens is 540 g/mol. The van der Waals surface area contributed by atoms with E-state index >= 15 is 0 Å². The zero-order chi connectivity index (χ0) is 30.7. The number of benzene rings is 2. The summed E-state index contributed by atoms with van der Waals surface area (Å²) in [5, 5.41) is 38.8. The molecule has 0 saturated heterocycles. The first kappa shape index (κ1) is 33.9. The Bertz CT molecular complexity index is 1200. The number of anilines is 3. The molecule has 0 aliphatic heterocycles. The van der Waals surface area contributed by atoms with Crippen molar-refractivity contribution in [3.05, 3.63) is 71.6 Å². The summed E-state index contributed by atoms with van der Waals surface area (Å²) >= 11 is 0. The van der Waals surface area contributed by atoms with E-state index in [1.165, 1.54) is 6.08 Å². The van der Waals surface area contributed by atoms with Gasteiger partial charge in [0.1, 0.15) is 11.5 Å². The number of aliphatic hydroxyl groups excluding tert-OH is 3. The molecule has 8 nitrogen and oxygen atoms in total. The van der Waals surface area contributed by atoms with Crippen LogP contribution in [0.5, 0.6) is 0 Å². The van der Waals surface area contributed by atoms with E-state index in [0.29, 0.717) is 23.5 Å². The van der Waals surface area contributed by atoms with E-state index < -0.39 is 0 Å². The molecule has 234 valence electrons. The molecular formula is C35H50N4O4. The number of aliphatic imine (C=N–C) groups is 1. The highest BCUT2D eigenvalue weighted by Crippen LogP contribution is 2.29. The molecule has 0 atom stereocenters. The number of rotatable bonds is 21. The van der Waals surface area contributed by atoms with Gasteiger partial charge in [-0.3, -0.25) is 4.79 Å². The molecule has 0 bridgehead atoms. The maximum absolute atomic E-state index is 13.1. The van der Waals surface area contributed by atoms with Crippen LogP contribution in [-0.2, 0) is 4.79 Å². The van der Waals surface area contributed by atoms with E-state index in [1.54, 1.807) is 0 Å². The minimum absolute atomic E-state index is 0.106. The lowest BCUT2D eigenvalue weighted by Crippen LogP contribution is -2.24. The normalized spacial score (nSPS) is 14.3. The molecule has 0 spiro atoms. The molecule has 0 saturated carbocycles. The summed E-state index contributed by atoms with van der Waals surface area (Å²) in [7, 11) is 0. The number of unbranched alkanes of at least 4 members (excludes halogenated alkanes) is 8. The summed E-state index contributed by atoms with van der Waals surface area (Å²) in [6, 6.07) is 15.7. The number of carbonyl (C=O) groups is 1. The molecule has 6 N–H and O–H groups in total. The van der Waals surface area contributed by atoms with E-state index in [9.17, 15) is 9.90 Å². The fraction of sp³-hybridized carbons (Fsp3) is 0.486.